The van der Waals surface area contributed by atoms with E-state index in [1.807, 2.05) is 4.90 Å². The summed E-state index contributed by atoms with van der Waals surface area (Å²) in [6, 6.07) is 6.78. The molecule has 0 aromatic heterocycles. The van der Waals surface area contributed by atoms with Crippen LogP contribution >= 0.6 is 0 Å². The Morgan fingerprint density at radius 3 is 2.77 bits per heavy atom. The van der Waals surface area contributed by atoms with Gasteiger partial charge in [-0.15, -0.1) is 0 Å². The molecule has 0 radical (unpaired) electrons. The van der Waals surface area contributed by atoms with E-state index >= 15 is 0 Å². The fraction of sp³-hybridized carbons (Fsp3) is 0.640. The maximum atomic E-state index is 12.6. The maximum Gasteiger partial charge on any atom is 0.298 e. The van der Waals surface area contributed by atoms with E-state index in [0.717, 1.165) is 65.3 Å². The summed E-state index contributed by atoms with van der Waals surface area (Å²) in [5.41, 5.74) is 4.03. The average molecular weight is 412 g/mol. The van der Waals surface area contributed by atoms with Crippen LogP contribution in [0.5, 0.6) is 0 Å². The second-order valence-electron chi connectivity index (χ2n) is 8.32. The van der Waals surface area contributed by atoms with Crippen LogP contribution in [-0.4, -0.2) is 68.2 Å². The van der Waals surface area contributed by atoms with E-state index in [1.165, 1.54) is 36.1 Å². The van der Waals surface area contributed by atoms with Crippen LogP contribution in [-0.2, 0) is 22.5 Å². The Hall–Kier alpha value is -2.03. The maximum absolute atomic E-state index is 12.6. The zero-order chi connectivity index (χ0) is 21.2. The number of hydrogen-bond donors (Lipinski definition) is 0. The molecule has 0 atom stereocenters. The first-order valence-electron chi connectivity index (χ1n) is 11.6. The van der Waals surface area contributed by atoms with Crippen LogP contribution < -0.4 is 4.90 Å². The summed E-state index contributed by atoms with van der Waals surface area (Å²) in [6.45, 7) is 12.3. The van der Waals surface area contributed by atoms with E-state index in [1.54, 1.807) is 6.92 Å². The van der Waals surface area contributed by atoms with Crippen molar-refractivity contribution in [1.29, 1.82) is 0 Å². The molecule has 1 amide bonds. The molecule has 0 N–H and O–H groups in total. The van der Waals surface area contributed by atoms with E-state index < -0.39 is 0 Å². The summed E-state index contributed by atoms with van der Waals surface area (Å²) in [5.74, 6) is 5.45. The standard InChI is InChI=1S/C25H37N3O2/c1-3-5-13-27-14-6-9-23-20-22(10-11-24(23)27)21-28(25(29)8-4-2)15-7-12-26-16-18-30-19-17-26/h10-11,20H,3,5-7,9,12-19,21H2,1-2H3. The van der Waals surface area contributed by atoms with Crippen LogP contribution in [0.4, 0.5) is 5.69 Å². The van der Waals surface area contributed by atoms with Crippen LogP contribution in [0.1, 0.15) is 50.7 Å². The third-order valence-corrected chi connectivity index (χ3v) is 6.04. The number of carbonyl (C=O) groups is 1. The van der Waals surface area contributed by atoms with Gasteiger partial charge in [-0.2, -0.15) is 0 Å². The Kier molecular flexibility index (Phi) is 9.04. The van der Waals surface area contributed by atoms with Crippen molar-refractivity contribution in [2.75, 3.05) is 57.4 Å². The largest absolute Gasteiger partial charge is 0.379 e. The minimum Gasteiger partial charge on any atom is -0.379 e. The fourth-order valence-corrected chi connectivity index (χ4v) is 4.38. The molecule has 0 bridgehead atoms. The average Bonchev–Trinajstić information content (AvgIpc) is 2.77. The third kappa shape index (κ3) is 6.48. The van der Waals surface area contributed by atoms with Crippen molar-refractivity contribution >= 4 is 11.6 Å². The van der Waals surface area contributed by atoms with Crippen molar-refractivity contribution in [3.63, 3.8) is 0 Å². The van der Waals surface area contributed by atoms with Crippen molar-refractivity contribution in [2.24, 2.45) is 0 Å². The number of anilines is 1. The number of ether oxygens (including phenoxy) is 1. The van der Waals surface area contributed by atoms with E-state index in [-0.39, 0.29) is 5.91 Å². The van der Waals surface area contributed by atoms with Crippen LogP contribution in [0.15, 0.2) is 18.2 Å². The molecule has 164 valence electrons. The lowest BCUT2D eigenvalue weighted by molar-refractivity contribution is -0.125. The second-order valence-corrected chi connectivity index (χ2v) is 8.32. The number of unbranched alkanes of at least 4 members (excludes halogenated alkanes) is 1. The number of nitrogens with zero attached hydrogens (tertiary/aromatic N) is 3. The van der Waals surface area contributed by atoms with Crippen molar-refractivity contribution < 1.29 is 9.53 Å². The Morgan fingerprint density at radius 1 is 1.17 bits per heavy atom. The van der Waals surface area contributed by atoms with Gasteiger partial charge in [0.2, 0.25) is 0 Å². The molecule has 0 spiro atoms. The van der Waals surface area contributed by atoms with Gasteiger partial charge in [0.15, 0.2) is 0 Å². The monoisotopic (exact) mass is 411 g/mol. The molecule has 1 saturated heterocycles. The summed E-state index contributed by atoms with van der Waals surface area (Å²) >= 11 is 0. The number of aryl methyl sites for hydroxylation is 1. The smallest absolute Gasteiger partial charge is 0.298 e. The number of rotatable bonds is 9. The SMILES string of the molecule is CC#CC(=O)N(CCCN1CCOCC1)Cc1ccc2c(c1)CCCN2CCCC. The van der Waals surface area contributed by atoms with E-state index in [4.69, 9.17) is 4.74 Å². The van der Waals surface area contributed by atoms with Crippen molar-refractivity contribution in [3.8, 4) is 11.8 Å². The van der Waals surface area contributed by atoms with Crippen molar-refractivity contribution in [3.05, 3.63) is 29.3 Å². The van der Waals surface area contributed by atoms with Gasteiger partial charge < -0.3 is 14.5 Å². The van der Waals surface area contributed by atoms with Crippen LogP contribution in [0.2, 0.25) is 0 Å². The van der Waals surface area contributed by atoms with Crippen LogP contribution in [0, 0.1) is 11.8 Å². The Balaban J connectivity index is 1.63. The van der Waals surface area contributed by atoms with Gasteiger partial charge in [0.1, 0.15) is 0 Å². The van der Waals surface area contributed by atoms with Gasteiger partial charge in [-0.3, -0.25) is 9.69 Å². The third-order valence-electron chi connectivity index (χ3n) is 6.04. The highest BCUT2D eigenvalue weighted by atomic mass is 16.5. The summed E-state index contributed by atoms with van der Waals surface area (Å²) < 4.78 is 5.42. The number of morpholine rings is 1. The first-order valence-corrected chi connectivity index (χ1v) is 11.6. The lowest BCUT2D eigenvalue weighted by atomic mass is 9.98. The zero-order valence-corrected chi connectivity index (χ0v) is 18.8. The molecule has 0 unspecified atom stereocenters. The Morgan fingerprint density at radius 2 is 2.00 bits per heavy atom. The molecule has 2 aliphatic rings. The van der Waals surface area contributed by atoms with Crippen LogP contribution in [0.25, 0.3) is 0 Å². The molecule has 1 aromatic carbocycles. The van der Waals surface area contributed by atoms with Gasteiger partial charge in [0, 0.05) is 51.5 Å². The van der Waals surface area contributed by atoms with Gasteiger partial charge in [-0.1, -0.05) is 31.4 Å². The molecule has 2 heterocycles. The van der Waals surface area contributed by atoms with Crippen LogP contribution in [0.3, 0.4) is 0 Å². The molecule has 30 heavy (non-hydrogen) atoms. The highest BCUT2D eigenvalue weighted by Gasteiger charge is 2.19. The summed E-state index contributed by atoms with van der Waals surface area (Å²) in [5, 5.41) is 0. The second kappa shape index (κ2) is 12.0. The molecule has 5 heteroatoms. The van der Waals surface area contributed by atoms with Gasteiger partial charge in [0.25, 0.3) is 5.91 Å². The van der Waals surface area contributed by atoms with Gasteiger partial charge >= 0.3 is 0 Å². The molecular weight excluding hydrogens is 374 g/mol. The fourth-order valence-electron chi connectivity index (χ4n) is 4.38. The van der Waals surface area contributed by atoms with Gasteiger partial charge in [-0.25, -0.2) is 0 Å². The summed E-state index contributed by atoms with van der Waals surface area (Å²) in [7, 11) is 0. The minimum atomic E-state index is -0.0678. The predicted octanol–water partition coefficient (Wildman–Crippen LogP) is 3.31. The number of hydrogen-bond acceptors (Lipinski definition) is 4. The topological polar surface area (TPSA) is 36.0 Å². The molecule has 5 nitrogen and oxygen atoms in total. The summed E-state index contributed by atoms with van der Waals surface area (Å²) in [6.07, 6.45) is 5.77. The molecule has 1 aromatic rings. The molecule has 1 fully saturated rings. The highest BCUT2D eigenvalue weighted by Crippen LogP contribution is 2.28. The predicted molar refractivity (Wildman–Crippen MR) is 123 cm³/mol. The van der Waals surface area contributed by atoms with E-state index in [9.17, 15) is 4.79 Å². The molecule has 2 aliphatic heterocycles. The first-order chi connectivity index (χ1) is 14.7. The van der Waals surface area contributed by atoms with Crippen molar-refractivity contribution in [2.45, 2.75) is 52.5 Å². The first kappa shape index (κ1) is 22.7. The lowest BCUT2D eigenvalue weighted by Crippen LogP contribution is -2.38. The van der Waals surface area contributed by atoms with Gasteiger partial charge in [-0.05, 0) is 55.7 Å². The van der Waals surface area contributed by atoms with E-state index in [0.29, 0.717) is 6.54 Å². The quantitative estimate of drug-likeness (QED) is 0.584. The number of benzene rings is 1. The molecule has 0 aliphatic carbocycles. The number of carbonyl (C=O) groups excluding carboxylic acids is 1. The molecule has 0 saturated carbocycles. The highest BCUT2D eigenvalue weighted by molar-refractivity contribution is 5.93. The lowest BCUT2D eigenvalue weighted by Gasteiger charge is -2.32. The van der Waals surface area contributed by atoms with E-state index in [2.05, 4.69) is 46.8 Å². The number of fused-ring (bicyclic) bond motifs is 1. The minimum absolute atomic E-state index is 0.0678. The van der Waals surface area contributed by atoms with Crippen molar-refractivity contribution in [1.82, 2.24) is 9.80 Å². The summed E-state index contributed by atoms with van der Waals surface area (Å²) in [4.78, 5) is 19.5. The number of amides is 1. The Bertz CT molecular complexity index is 746. The Labute approximate surface area is 182 Å². The van der Waals surface area contributed by atoms with Gasteiger partial charge in [0.05, 0.1) is 13.2 Å². The zero-order valence-electron chi connectivity index (χ0n) is 18.8. The molecular formula is C25H37N3O2. The normalized spacial score (nSPS) is 16.5. The molecule has 3 rings (SSSR count).